The maximum atomic E-state index is 15.3. The van der Waals surface area contributed by atoms with Gasteiger partial charge in [-0.25, -0.2) is 8.78 Å². The zero-order valence-electron chi connectivity index (χ0n) is 15.3. The van der Waals surface area contributed by atoms with Gasteiger partial charge in [-0.15, -0.1) is 0 Å². The minimum Gasteiger partial charge on any atom is -0.494 e. The van der Waals surface area contributed by atoms with Gasteiger partial charge < -0.3 is 15.2 Å². The molecule has 4 rings (SSSR count). The molecule has 1 unspecified atom stereocenters. The molecule has 3 aromatic rings. The first-order valence-corrected chi connectivity index (χ1v) is 9.60. The number of ether oxygens (including phenoxy) is 2. The maximum Gasteiger partial charge on any atom is 0.173 e. The van der Waals surface area contributed by atoms with Crippen molar-refractivity contribution in [3.8, 4) is 22.6 Å². The van der Waals surface area contributed by atoms with Crippen molar-refractivity contribution in [3.63, 3.8) is 0 Å². The summed E-state index contributed by atoms with van der Waals surface area (Å²) in [4.78, 5) is -0.0332. The largest absolute Gasteiger partial charge is 0.494 e. The molecular formula is C22H16ClF2NO2S. The summed E-state index contributed by atoms with van der Waals surface area (Å²) in [6, 6.07) is 13.7. The SMILES string of the molecule is COc1ccc(C(N)=S)c(-c2c(Cl)c(F)cc3c2CC(c2ccccc2)O3)c1F. The molecule has 1 aliphatic heterocycles. The van der Waals surface area contributed by atoms with E-state index in [2.05, 4.69) is 0 Å². The standard InChI is InChI=1S/C22H16ClF2NO2S/c1-27-15-8-7-12(22(26)29)19(21(15)25)18-13-9-16(11-5-3-2-4-6-11)28-17(13)10-14(24)20(18)23/h2-8,10,16H,9H2,1H3,(H2,26,29). The zero-order chi connectivity index (χ0) is 20.7. The smallest absolute Gasteiger partial charge is 0.173 e. The number of hydrogen-bond acceptors (Lipinski definition) is 3. The molecule has 0 fully saturated rings. The summed E-state index contributed by atoms with van der Waals surface area (Å²) in [6.07, 6.45) is 0.0482. The topological polar surface area (TPSA) is 44.5 Å². The second-order valence-electron chi connectivity index (χ2n) is 6.61. The molecule has 29 heavy (non-hydrogen) atoms. The van der Waals surface area contributed by atoms with E-state index in [4.69, 9.17) is 39.0 Å². The number of methoxy groups -OCH3 is 1. The second kappa shape index (κ2) is 7.61. The van der Waals surface area contributed by atoms with Crippen LogP contribution >= 0.6 is 23.8 Å². The molecule has 2 N–H and O–H groups in total. The zero-order valence-corrected chi connectivity index (χ0v) is 16.9. The van der Waals surface area contributed by atoms with Crippen LogP contribution in [0.2, 0.25) is 5.02 Å². The van der Waals surface area contributed by atoms with Crippen LogP contribution in [-0.4, -0.2) is 12.1 Å². The van der Waals surface area contributed by atoms with Crippen LogP contribution in [0.3, 0.4) is 0 Å². The molecule has 0 amide bonds. The van der Waals surface area contributed by atoms with E-state index in [0.29, 0.717) is 17.7 Å². The summed E-state index contributed by atoms with van der Waals surface area (Å²) in [6.45, 7) is 0. The van der Waals surface area contributed by atoms with E-state index >= 15 is 4.39 Å². The summed E-state index contributed by atoms with van der Waals surface area (Å²) in [5.41, 5.74) is 7.77. The van der Waals surface area contributed by atoms with E-state index in [0.717, 1.165) is 5.56 Å². The molecule has 0 radical (unpaired) electrons. The lowest BCUT2D eigenvalue weighted by Gasteiger charge is -2.17. The molecule has 1 heterocycles. The number of thiocarbonyl (C=S) groups is 1. The van der Waals surface area contributed by atoms with Crippen LogP contribution in [0.4, 0.5) is 8.78 Å². The fraction of sp³-hybridized carbons (Fsp3) is 0.136. The Bertz CT molecular complexity index is 1120. The quantitative estimate of drug-likeness (QED) is 0.546. The van der Waals surface area contributed by atoms with Gasteiger partial charge in [0, 0.05) is 34.7 Å². The first-order chi connectivity index (χ1) is 13.9. The summed E-state index contributed by atoms with van der Waals surface area (Å²) in [5.74, 6) is -1.14. The molecule has 1 atom stereocenters. The van der Waals surface area contributed by atoms with Gasteiger partial charge in [-0.1, -0.05) is 54.2 Å². The molecule has 3 aromatic carbocycles. The first kappa shape index (κ1) is 19.6. The van der Waals surface area contributed by atoms with E-state index in [1.165, 1.54) is 25.3 Å². The summed E-state index contributed by atoms with van der Waals surface area (Å²) >= 11 is 11.4. The van der Waals surface area contributed by atoms with Gasteiger partial charge in [-0.2, -0.15) is 0 Å². The molecule has 7 heteroatoms. The third kappa shape index (κ3) is 3.32. The highest BCUT2D eigenvalue weighted by molar-refractivity contribution is 7.80. The van der Waals surface area contributed by atoms with Crippen molar-refractivity contribution in [2.45, 2.75) is 12.5 Å². The third-order valence-corrected chi connectivity index (χ3v) is 5.55. The fourth-order valence-corrected chi connectivity index (χ4v) is 4.04. The van der Waals surface area contributed by atoms with E-state index in [1.54, 1.807) is 0 Å². The lowest BCUT2D eigenvalue weighted by Crippen LogP contribution is -2.13. The van der Waals surface area contributed by atoms with E-state index < -0.39 is 11.6 Å². The molecule has 3 nitrogen and oxygen atoms in total. The Kier molecular flexibility index (Phi) is 5.15. The summed E-state index contributed by atoms with van der Waals surface area (Å²) in [7, 11) is 1.34. The maximum absolute atomic E-state index is 15.3. The van der Waals surface area contributed by atoms with Crippen LogP contribution in [-0.2, 0) is 6.42 Å². The van der Waals surface area contributed by atoms with Crippen molar-refractivity contribution in [1.29, 1.82) is 0 Å². The molecule has 0 spiro atoms. The van der Waals surface area contributed by atoms with Gasteiger partial charge in [-0.3, -0.25) is 0 Å². The van der Waals surface area contributed by atoms with E-state index in [9.17, 15) is 4.39 Å². The molecule has 0 saturated carbocycles. The number of rotatable bonds is 4. The number of hydrogen-bond donors (Lipinski definition) is 1. The fourth-order valence-electron chi connectivity index (χ4n) is 3.61. The predicted octanol–water partition coefficient (Wildman–Crippen LogP) is 5.60. The van der Waals surface area contributed by atoms with Crippen molar-refractivity contribution < 1.29 is 18.3 Å². The van der Waals surface area contributed by atoms with Crippen LogP contribution in [0.5, 0.6) is 11.5 Å². The van der Waals surface area contributed by atoms with Crippen molar-refractivity contribution in [2.75, 3.05) is 7.11 Å². The number of benzene rings is 3. The van der Waals surface area contributed by atoms with Gasteiger partial charge in [0.2, 0.25) is 0 Å². The van der Waals surface area contributed by atoms with E-state index in [-0.39, 0.29) is 38.6 Å². The van der Waals surface area contributed by atoms with Gasteiger partial charge in [-0.05, 0) is 17.7 Å². The normalized spacial score (nSPS) is 15.0. The Balaban J connectivity index is 1.96. The summed E-state index contributed by atoms with van der Waals surface area (Å²) in [5, 5.41) is -0.217. The van der Waals surface area contributed by atoms with Crippen molar-refractivity contribution >= 4 is 28.8 Å². The van der Waals surface area contributed by atoms with Crippen LogP contribution in [0.1, 0.15) is 22.8 Å². The summed E-state index contributed by atoms with van der Waals surface area (Å²) < 4.78 is 41.1. The van der Waals surface area contributed by atoms with Crippen LogP contribution in [0.15, 0.2) is 48.5 Å². The highest BCUT2D eigenvalue weighted by atomic mass is 35.5. The number of fused-ring (bicyclic) bond motifs is 1. The average Bonchev–Trinajstić information content (AvgIpc) is 3.13. The second-order valence-corrected chi connectivity index (χ2v) is 7.43. The lowest BCUT2D eigenvalue weighted by molar-refractivity contribution is 0.238. The number of nitrogens with two attached hydrogens (primary N) is 1. The Morgan fingerprint density at radius 2 is 1.90 bits per heavy atom. The Morgan fingerprint density at radius 1 is 1.17 bits per heavy atom. The van der Waals surface area contributed by atoms with Gasteiger partial charge in [0.15, 0.2) is 11.6 Å². The molecule has 148 valence electrons. The predicted molar refractivity (Wildman–Crippen MR) is 113 cm³/mol. The molecular weight excluding hydrogens is 416 g/mol. The van der Waals surface area contributed by atoms with Crippen molar-refractivity contribution in [1.82, 2.24) is 0 Å². The average molecular weight is 432 g/mol. The molecule has 0 aliphatic carbocycles. The Hall–Kier alpha value is -2.70. The highest BCUT2D eigenvalue weighted by Gasteiger charge is 2.33. The van der Waals surface area contributed by atoms with Gasteiger partial charge >= 0.3 is 0 Å². The van der Waals surface area contributed by atoms with Crippen LogP contribution in [0.25, 0.3) is 11.1 Å². The lowest BCUT2D eigenvalue weighted by atomic mass is 9.91. The molecule has 0 saturated heterocycles. The molecule has 1 aliphatic rings. The first-order valence-electron chi connectivity index (χ1n) is 8.81. The Labute approximate surface area is 177 Å². The Morgan fingerprint density at radius 3 is 2.55 bits per heavy atom. The van der Waals surface area contributed by atoms with Gasteiger partial charge in [0.05, 0.1) is 12.1 Å². The minimum atomic E-state index is -0.717. The molecule has 0 bridgehead atoms. The minimum absolute atomic E-state index is 0.00918. The van der Waals surface area contributed by atoms with E-state index in [1.807, 2.05) is 30.3 Å². The van der Waals surface area contributed by atoms with Crippen LogP contribution in [0, 0.1) is 11.6 Å². The van der Waals surface area contributed by atoms with Crippen molar-refractivity contribution in [3.05, 3.63) is 81.9 Å². The van der Waals surface area contributed by atoms with Crippen LogP contribution < -0.4 is 15.2 Å². The van der Waals surface area contributed by atoms with Gasteiger partial charge in [0.25, 0.3) is 0 Å². The van der Waals surface area contributed by atoms with Crippen molar-refractivity contribution in [2.24, 2.45) is 5.73 Å². The third-order valence-electron chi connectivity index (χ3n) is 4.96. The molecule has 0 aromatic heterocycles. The van der Waals surface area contributed by atoms with Gasteiger partial charge in [0.1, 0.15) is 22.7 Å². The monoisotopic (exact) mass is 431 g/mol. The number of halogens is 3. The highest BCUT2D eigenvalue weighted by Crippen LogP contribution is 2.48.